The minimum Gasteiger partial charge on any atom is -0.372 e. The second kappa shape index (κ2) is 5.32. The Kier molecular flexibility index (Phi) is 3.99. The van der Waals surface area contributed by atoms with Crippen molar-refractivity contribution in [2.24, 2.45) is 0 Å². The molecule has 0 bridgehead atoms. The summed E-state index contributed by atoms with van der Waals surface area (Å²) in [6.45, 7) is 3.82. The van der Waals surface area contributed by atoms with Crippen molar-refractivity contribution in [2.45, 2.75) is 0 Å². The van der Waals surface area contributed by atoms with Crippen LogP contribution in [0.3, 0.4) is 0 Å². The number of hydrogen-bond donors (Lipinski definition) is 1. The largest absolute Gasteiger partial charge is 0.372 e. The molecule has 0 saturated heterocycles. The van der Waals surface area contributed by atoms with E-state index in [-0.39, 0.29) is 12.5 Å². The SMILES string of the molecule is [CH2]COCC(=O)Nc1ccccc1. The summed E-state index contributed by atoms with van der Waals surface area (Å²) in [7, 11) is 0. The lowest BCUT2D eigenvalue weighted by molar-refractivity contribution is -0.120. The van der Waals surface area contributed by atoms with Crippen LogP contribution >= 0.6 is 0 Å². The molecule has 69 valence electrons. The molecule has 1 N–H and O–H groups in total. The number of nitrogens with one attached hydrogen (secondary N) is 1. The van der Waals surface area contributed by atoms with Crippen LogP contribution in [0, 0.1) is 6.92 Å². The number of ether oxygens (including phenoxy) is 1. The van der Waals surface area contributed by atoms with Crippen molar-refractivity contribution in [1.29, 1.82) is 0 Å². The molecule has 0 aliphatic rings. The van der Waals surface area contributed by atoms with Gasteiger partial charge in [-0.1, -0.05) is 18.2 Å². The predicted octanol–water partition coefficient (Wildman–Crippen LogP) is 1.48. The normalized spacial score (nSPS) is 9.62. The highest BCUT2D eigenvalue weighted by Crippen LogP contribution is 2.04. The highest BCUT2D eigenvalue weighted by atomic mass is 16.5. The van der Waals surface area contributed by atoms with Gasteiger partial charge >= 0.3 is 0 Å². The van der Waals surface area contributed by atoms with E-state index in [1.54, 1.807) is 0 Å². The fourth-order valence-corrected chi connectivity index (χ4v) is 0.883. The van der Waals surface area contributed by atoms with Crippen LogP contribution in [0.4, 0.5) is 5.69 Å². The molecule has 0 saturated carbocycles. The van der Waals surface area contributed by atoms with Crippen molar-refractivity contribution in [2.75, 3.05) is 18.5 Å². The Morgan fingerprint density at radius 2 is 2.08 bits per heavy atom. The van der Waals surface area contributed by atoms with Crippen LogP contribution in [0.2, 0.25) is 0 Å². The lowest BCUT2D eigenvalue weighted by Crippen LogP contribution is -2.18. The first-order valence-corrected chi connectivity index (χ1v) is 4.05. The van der Waals surface area contributed by atoms with Gasteiger partial charge in [-0.3, -0.25) is 4.79 Å². The van der Waals surface area contributed by atoms with E-state index in [0.29, 0.717) is 6.61 Å². The summed E-state index contributed by atoms with van der Waals surface area (Å²) < 4.78 is 4.84. The first-order chi connectivity index (χ1) is 6.33. The number of carbonyl (C=O) groups is 1. The van der Waals surface area contributed by atoms with Gasteiger partial charge in [-0.25, -0.2) is 0 Å². The van der Waals surface area contributed by atoms with E-state index in [4.69, 9.17) is 4.74 Å². The molecule has 1 aromatic rings. The summed E-state index contributed by atoms with van der Waals surface area (Å²) in [5.41, 5.74) is 0.778. The zero-order valence-corrected chi connectivity index (χ0v) is 7.32. The average Bonchev–Trinajstić information content (AvgIpc) is 2.16. The Bertz CT molecular complexity index is 259. The number of carbonyl (C=O) groups excluding carboxylic acids is 1. The molecule has 1 aromatic carbocycles. The van der Waals surface area contributed by atoms with Crippen molar-refractivity contribution in [3.8, 4) is 0 Å². The molecule has 1 amide bonds. The van der Waals surface area contributed by atoms with E-state index in [0.717, 1.165) is 5.69 Å². The van der Waals surface area contributed by atoms with Gasteiger partial charge in [-0.2, -0.15) is 0 Å². The van der Waals surface area contributed by atoms with E-state index >= 15 is 0 Å². The van der Waals surface area contributed by atoms with Gasteiger partial charge in [-0.15, -0.1) is 0 Å². The predicted molar refractivity (Wildman–Crippen MR) is 51.2 cm³/mol. The summed E-state index contributed by atoms with van der Waals surface area (Å²) in [6.07, 6.45) is 0. The summed E-state index contributed by atoms with van der Waals surface area (Å²) >= 11 is 0. The summed E-state index contributed by atoms with van der Waals surface area (Å²) in [6, 6.07) is 9.25. The van der Waals surface area contributed by atoms with E-state index in [1.807, 2.05) is 30.3 Å². The Morgan fingerprint density at radius 1 is 1.38 bits per heavy atom. The van der Waals surface area contributed by atoms with Crippen LogP contribution in [-0.4, -0.2) is 19.1 Å². The standard InChI is InChI=1S/C10H12NO2/c1-2-13-8-10(12)11-9-6-4-3-5-7-9/h3-7H,1-2,8H2,(H,11,12). The minimum atomic E-state index is -0.158. The third-order valence-corrected chi connectivity index (χ3v) is 1.44. The van der Waals surface area contributed by atoms with Gasteiger partial charge in [-0.05, 0) is 19.1 Å². The quantitative estimate of drug-likeness (QED) is 0.758. The monoisotopic (exact) mass is 178 g/mol. The fraction of sp³-hybridized carbons (Fsp3) is 0.200. The van der Waals surface area contributed by atoms with E-state index in [1.165, 1.54) is 0 Å². The Morgan fingerprint density at radius 3 is 2.69 bits per heavy atom. The van der Waals surface area contributed by atoms with E-state index in [9.17, 15) is 4.79 Å². The molecule has 0 aliphatic carbocycles. The van der Waals surface area contributed by atoms with Crippen LogP contribution in [0.1, 0.15) is 0 Å². The molecule has 0 unspecified atom stereocenters. The molecule has 0 spiro atoms. The van der Waals surface area contributed by atoms with Gasteiger partial charge in [0.15, 0.2) is 0 Å². The topological polar surface area (TPSA) is 38.3 Å². The lowest BCUT2D eigenvalue weighted by atomic mass is 10.3. The highest BCUT2D eigenvalue weighted by molar-refractivity contribution is 5.91. The molecule has 0 aliphatic heterocycles. The smallest absolute Gasteiger partial charge is 0.250 e. The average molecular weight is 178 g/mol. The van der Waals surface area contributed by atoms with Crippen LogP contribution < -0.4 is 5.32 Å². The fourth-order valence-electron chi connectivity index (χ4n) is 0.883. The zero-order chi connectivity index (χ0) is 9.52. The molecule has 0 fully saturated rings. The van der Waals surface area contributed by atoms with Crippen molar-refractivity contribution >= 4 is 11.6 Å². The van der Waals surface area contributed by atoms with Crippen LogP contribution in [0.15, 0.2) is 30.3 Å². The minimum absolute atomic E-state index is 0.0540. The maximum absolute atomic E-state index is 11.1. The molecule has 0 heterocycles. The molecular weight excluding hydrogens is 166 g/mol. The number of hydrogen-bond acceptors (Lipinski definition) is 2. The molecule has 1 radical (unpaired) electrons. The van der Waals surface area contributed by atoms with Gasteiger partial charge in [0.1, 0.15) is 6.61 Å². The second-order valence-electron chi connectivity index (χ2n) is 2.47. The first kappa shape index (κ1) is 9.74. The van der Waals surface area contributed by atoms with Gasteiger partial charge in [0.2, 0.25) is 5.91 Å². The van der Waals surface area contributed by atoms with Crippen molar-refractivity contribution < 1.29 is 9.53 Å². The molecular formula is C10H12NO2. The Hall–Kier alpha value is -1.35. The van der Waals surface area contributed by atoms with Crippen LogP contribution in [0.5, 0.6) is 0 Å². The maximum Gasteiger partial charge on any atom is 0.250 e. The molecule has 1 rings (SSSR count). The van der Waals surface area contributed by atoms with Crippen LogP contribution in [0.25, 0.3) is 0 Å². The summed E-state index contributed by atoms with van der Waals surface area (Å²) in [4.78, 5) is 11.1. The molecule has 0 atom stereocenters. The summed E-state index contributed by atoms with van der Waals surface area (Å²) in [5, 5.41) is 2.68. The maximum atomic E-state index is 11.1. The van der Waals surface area contributed by atoms with E-state index < -0.39 is 0 Å². The highest BCUT2D eigenvalue weighted by Gasteiger charge is 1.99. The van der Waals surface area contributed by atoms with Crippen molar-refractivity contribution in [3.05, 3.63) is 37.3 Å². The first-order valence-electron chi connectivity index (χ1n) is 4.05. The Balaban J connectivity index is 2.37. The van der Waals surface area contributed by atoms with Gasteiger partial charge < -0.3 is 10.1 Å². The van der Waals surface area contributed by atoms with Gasteiger partial charge in [0, 0.05) is 12.3 Å². The number of para-hydroxylation sites is 1. The number of anilines is 1. The number of rotatable bonds is 4. The van der Waals surface area contributed by atoms with Crippen LogP contribution in [-0.2, 0) is 9.53 Å². The molecule has 13 heavy (non-hydrogen) atoms. The third-order valence-electron chi connectivity index (χ3n) is 1.44. The lowest BCUT2D eigenvalue weighted by Gasteiger charge is -2.03. The Labute approximate surface area is 77.7 Å². The number of amides is 1. The van der Waals surface area contributed by atoms with E-state index in [2.05, 4.69) is 12.2 Å². The second-order valence-corrected chi connectivity index (χ2v) is 2.47. The van der Waals surface area contributed by atoms with Crippen molar-refractivity contribution in [3.63, 3.8) is 0 Å². The molecule has 3 nitrogen and oxygen atoms in total. The number of benzene rings is 1. The van der Waals surface area contributed by atoms with Gasteiger partial charge in [0.05, 0.1) is 0 Å². The third kappa shape index (κ3) is 3.71. The van der Waals surface area contributed by atoms with Crippen molar-refractivity contribution in [1.82, 2.24) is 0 Å². The van der Waals surface area contributed by atoms with Gasteiger partial charge in [0.25, 0.3) is 0 Å². The molecule has 0 aromatic heterocycles. The zero-order valence-electron chi connectivity index (χ0n) is 7.32. The summed E-state index contributed by atoms with van der Waals surface area (Å²) in [5.74, 6) is -0.158. The molecule has 3 heteroatoms.